The number of anilines is 1. The van der Waals surface area contributed by atoms with Crippen LogP contribution in [-0.4, -0.2) is 35.9 Å². The lowest BCUT2D eigenvalue weighted by Crippen LogP contribution is -2.30. The van der Waals surface area contributed by atoms with E-state index in [1.165, 1.54) is 16.6 Å². The third-order valence-corrected chi connectivity index (χ3v) is 4.70. The third kappa shape index (κ3) is 3.63. The lowest BCUT2D eigenvalue weighted by Gasteiger charge is -2.22. The molecule has 0 atom stereocenters. The molecule has 2 rings (SSSR count). The van der Waals surface area contributed by atoms with Gasteiger partial charge >= 0.3 is 10.1 Å². The van der Waals surface area contributed by atoms with E-state index in [0.29, 0.717) is 18.7 Å². The molecule has 1 aromatic rings. The highest BCUT2D eigenvalue weighted by molar-refractivity contribution is 7.92. The van der Waals surface area contributed by atoms with Crippen molar-refractivity contribution in [3.8, 4) is 5.75 Å². The van der Waals surface area contributed by atoms with E-state index in [-0.39, 0.29) is 5.75 Å². The maximum absolute atomic E-state index is 11.8. The molecule has 0 aromatic heterocycles. The largest absolute Gasteiger partial charge is 0.383 e. The average molecular weight is 319 g/mol. The van der Waals surface area contributed by atoms with Gasteiger partial charge in [0.15, 0.2) is 0 Å². The van der Waals surface area contributed by atoms with Crippen LogP contribution in [0.2, 0.25) is 0 Å². The highest BCUT2D eigenvalue weighted by atomic mass is 32.2. The minimum atomic E-state index is -3.59. The van der Waals surface area contributed by atoms with Crippen molar-refractivity contribution < 1.29 is 21.0 Å². The van der Waals surface area contributed by atoms with Crippen molar-refractivity contribution in [3.05, 3.63) is 23.8 Å². The first-order valence-corrected chi connectivity index (χ1v) is 9.83. The molecule has 1 aliphatic rings. The van der Waals surface area contributed by atoms with Gasteiger partial charge < -0.3 is 4.18 Å². The second-order valence-corrected chi connectivity index (χ2v) is 8.35. The normalized spacial score (nSPS) is 16.4. The molecule has 0 spiro atoms. The first-order valence-electron chi connectivity index (χ1n) is 6.17. The molecule has 1 heterocycles. The van der Waals surface area contributed by atoms with E-state index in [0.717, 1.165) is 24.7 Å². The molecule has 0 saturated heterocycles. The molecule has 1 aromatic carbocycles. The molecule has 112 valence electrons. The Morgan fingerprint density at radius 1 is 1.10 bits per heavy atom. The summed E-state index contributed by atoms with van der Waals surface area (Å²) in [5.74, 6) is 0.210. The van der Waals surface area contributed by atoms with Crippen LogP contribution in [0.5, 0.6) is 5.75 Å². The van der Waals surface area contributed by atoms with E-state index >= 15 is 0 Å². The quantitative estimate of drug-likeness (QED) is 0.780. The lowest BCUT2D eigenvalue weighted by atomic mass is 10.1. The van der Waals surface area contributed by atoms with Crippen molar-refractivity contribution in [2.45, 2.75) is 19.3 Å². The summed E-state index contributed by atoms with van der Waals surface area (Å²) in [6, 6.07) is 4.67. The Morgan fingerprint density at radius 3 is 2.40 bits per heavy atom. The molecule has 0 aliphatic carbocycles. The molecule has 8 heteroatoms. The summed E-state index contributed by atoms with van der Waals surface area (Å²) in [7, 11) is -6.92. The van der Waals surface area contributed by atoms with Gasteiger partial charge in [-0.1, -0.05) is 0 Å². The number of sulfonamides is 1. The predicted molar refractivity (Wildman–Crippen MR) is 77.0 cm³/mol. The summed E-state index contributed by atoms with van der Waals surface area (Å²) in [5, 5.41) is 0. The maximum Gasteiger partial charge on any atom is 0.306 e. The Labute approximate surface area is 119 Å². The van der Waals surface area contributed by atoms with Gasteiger partial charge in [-0.05, 0) is 43.0 Å². The van der Waals surface area contributed by atoms with E-state index in [1.54, 1.807) is 12.1 Å². The van der Waals surface area contributed by atoms with Crippen LogP contribution in [0.4, 0.5) is 5.69 Å². The maximum atomic E-state index is 11.8. The van der Waals surface area contributed by atoms with E-state index in [2.05, 4.69) is 0 Å². The zero-order valence-electron chi connectivity index (χ0n) is 11.4. The summed E-state index contributed by atoms with van der Waals surface area (Å²) < 4.78 is 52.1. The van der Waals surface area contributed by atoms with Gasteiger partial charge in [0.2, 0.25) is 10.0 Å². The van der Waals surface area contributed by atoms with Gasteiger partial charge in [-0.25, -0.2) is 8.42 Å². The Morgan fingerprint density at radius 2 is 1.80 bits per heavy atom. The van der Waals surface area contributed by atoms with Crippen LogP contribution in [0.1, 0.15) is 18.4 Å². The van der Waals surface area contributed by atoms with E-state index < -0.39 is 20.1 Å². The Balaban J connectivity index is 2.45. The van der Waals surface area contributed by atoms with Crippen LogP contribution in [0.25, 0.3) is 0 Å². The monoisotopic (exact) mass is 319 g/mol. The molecule has 0 fully saturated rings. The number of hydrogen-bond acceptors (Lipinski definition) is 5. The zero-order chi connectivity index (χ0) is 15.0. The van der Waals surface area contributed by atoms with Gasteiger partial charge in [-0.15, -0.1) is 0 Å². The second kappa shape index (κ2) is 5.25. The number of fused-ring (bicyclic) bond motifs is 1. The predicted octanol–water partition coefficient (Wildman–Crippen LogP) is 1.13. The fourth-order valence-corrected chi connectivity index (χ4v) is 3.72. The molecule has 6 nitrogen and oxygen atoms in total. The smallest absolute Gasteiger partial charge is 0.306 e. The molecule has 0 amide bonds. The molecule has 1 aliphatic heterocycles. The second-order valence-electron chi connectivity index (χ2n) is 4.87. The number of benzene rings is 1. The molecular formula is C12H17NO5S2. The van der Waals surface area contributed by atoms with Crippen molar-refractivity contribution in [2.75, 3.05) is 23.4 Å². The van der Waals surface area contributed by atoms with Crippen molar-refractivity contribution in [1.82, 2.24) is 0 Å². The number of rotatable bonds is 3. The van der Waals surface area contributed by atoms with Crippen molar-refractivity contribution in [3.63, 3.8) is 0 Å². The van der Waals surface area contributed by atoms with Crippen LogP contribution >= 0.6 is 0 Å². The van der Waals surface area contributed by atoms with E-state index in [4.69, 9.17) is 4.18 Å². The first kappa shape index (κ1) is 15.1. The molecular weight excluding hydrogens is 302 g/mol. The van der Waals surface area contributed by atoms with Crippen molar-refractivity contribution >= 4 is 25.8 Å². The SMILES string of the molecule is CS(=O)(=O)Oc1ccc2c(c1)CCCCN2S(C)(=O)=O. The summed E-state index contributed by atoms with van der Waals surface area (Å²) in [4.78, 5) is 0. The van der Waals surface area contributed by atoms with E-state index in [1.807, 2.05) is 0 Å². The Kier molecular flexibility index (Phi) is 3.97. The van der Waals surface area contributed by atoms with Gasteiger partial charge in [-0.2, -0.15) is 8.42 Å². The third-order valence-electron chi connectivity index (χ3n) is 3.02. The number of aryl methyl sites for hydroxylation is 1. The highest BCUT2D eigenvalue weighted by Crippen LogP contribution is 2.31. The summed E-state index contributed by atoms with van der Waals surface area (Å²) in [6.45, 7) is 0.443. The topological polar surface area (TPSA) is 80.8 Å². The highest BCUT2D eigenvalue weighted by Gasteiger charge is 2.23. The number of nitrogens with zero attached hydrogens (tertiary/aromatic N) is 1. The van der Waals surface area contributed by atoms with Crippen LogP contribution in [-0.2, 0) is 26.6 Å². The Bertz CT molecular complexity index is 709. The van der Waals surface area contributed by atoms with E-state index in [9.17, 15) is 16.8 Å². The zero-order valence-corrected chi connectivity index (χ0v) is 13.0. The van der Waals surface area contributed by atoms with Gasteiger partial charge in [0.05, 0.1) is 18.2 Å². The fraction of sp³-hybridized carbons (Fsp3) is 0.500. The molecule has 0 bridgehead atoms. The van der Waals surface area contributed by atoms with Gasteiger partial charge in [-0.3, -0.25) is 4.31 Å². The lowest BCUT2D eigenvalue weighted by molar-refractivity contribution is 0.492. The minimum Gasteiger partial charge on any atom is -0.383 e. The molecule has 20 heavy (non-hydrogen) atoms. The standard InChI is InChI=1S/C12H17NO5S2/c1-19(14,15)13-8-4-3-5-10-9-11(6-7-12(10)13)18-20(2,16)17/h6-7,9H,3-5,8H2,1-2H3. The average Bonchev–Trinajstić information content (AvgIpc) is 2.47. The van der Waals surface area contributed by atoms with Gasteiger partial charge in [0, 0.05) is 6.54 Å². The summed E-state index contributed by atoms with van der Waals surface area (Å²) >= 11 is 0. The van der Waals surface area contributed by atoms with Gasteiger partial charge in [0.25, 0.3) is 0 Å². The molecule has 0 N–H and O–H groups in total. The number of hydrogen-bond donors (Lipinski definition) is 0. The molecule has 0 unspecified atom stereocenters. The first-order chi connectivity index (χ1) is 9.17. The van der Waals surface area contributed by atoms with Gasteiger partial charge in [0.1, 0.15) is 5.75 Å². The summed E-state index contributed by atoms with van der Waals surface area (Å²) in [5.41, 5.74) is 1.39. The van der Waals surface area contributed by atoms with Crippen molar-refractivity contribution in [1.29, 1.82) is 0 Å². The molecule has 0 radical (unpaired) electrons. The molecule has 0 saturated carbocycles. The van der Waals surface area contributed by atoms with Crippen LogP contribution in [0.15, 0.2) is 18.2 Å². The minimum absolute atomic E-state index is 0.210. The van der Waals surface area contributed by atoms with Crippen LogP contribution in [0.3, 0.4) is 0 Å². The fourth-order valence-electron chi connectivity index (χ4n) is 2.27. The Hall–Kier alpha value is -1.28. The van der Waals surface area contributed by atoms with Crippen LogP contribution in [0, 0.1) is 0 Å². The summed E-state index contributed by atoms with van der Waals surface area (Å²) in [6.07, 6.45) is 4.46. The van der Waals surface area contributed by atoms with Crippen molar-refractivity contribution in [2.24, 2.45) is 0 Å². The van der Waals surface area contributed by atoms with Crippen LogP contribution < -0.4 is 8.49 Å².